The van der Waals surface area contributed by atoms with Gasteiger partial charge in [-0.2, -0.15) is 0 Å². The number of carbonyl (C=O) groups excluding carboxylic acids is 2. The van der Waals surface area contributed by atoms with Crippen LogP contribution < -0.4 is 4.74 Å². The number of ether oxygens (including phenoxy) is 2. The molecule has 0 saturated heterocycles. The summed E-state index contributed by atoms with van der Waals surface area (Å²) in [6.07, 6.45) is 0.827. The Morgan fingerprint density at radius 2 is 1.74 bits per heavy atom. The van der Waals surface area contributed by atoms with Crippen LogP contribution in [0.4, 0.5) is 0 Å². The van der Waals surface area contributed by atoms with E-state index in [1.807, 2.05) is 18.2 Å². The summed E-state index contributed by atoms with van der Waals surface area (Å²) >= 11 is 0. The number of benzene rings is 2. The predicted octanol–water partition coefficient (Wildman–Crippen LogP) is 3.46. The first-order valence-corrected chi connectivity index (χ1v) is 9.27. The first-order valence-electron chi connectivity index (χ1n) is 9.27. The first-order chi connectivity index (χ1) is 13.0. The summed E-state index contributed by atoms with van der Waals surface area (Å²) in [5.74, 6) is 0.469. The summed E-state index contributed by atoms with van der Waals surface area (Å²) in [5, 5.41) is 0. The Morgan fingerprint density at radius 3 is 2.44 bits per heavy atom. The molecule has 1 amide bonds. The van der Waals surface area contributed by atoms with Crippen LogP contribution in [0.3, 0.4) is 0 Å². The highest BCUT2D eigenvalue weighted by Crippen LogP contribution is 2.19. The third kappa shape index (κ3) is 5.09. The molecule has 3 rings (SSSR count). The van der Waals surface area contributed by atoms with E-state index < -0.39 is 5.97 Å². The maximum Gasteiger partial charge on any atom is 0.338 e. The van der Waals surface area contributed by atoms with Crippen LogP contribution >= 0.6 is 0 Å². The van der Waals surface area contributed by atoms with E-state index in [-0.39, 0.29) is 12.5 Å². The molecule has 1 aliphatic heterocycles. The quantitative estimate of drug-likeness (QED) is 0.734. The van der Waals surface area contributed by atoms with Crippen molar-refractivity contribution in [3.05, 3.63) is 65.2 Å². The molecular weight excluding hydrogens is 342 g/mol. The average Bonchev–Trinajstić information content (AvgIpc) is 2.70. The van der Waals surface area contributed by atoms with Crippen LogP contribution in [-0.2, 0) is 22.5 Å². The van der Waals surface area contributed by atoms with Crippen molar-refractivity contribution in [1.82, 2.24) is 4.90 Å². The van der Waals surface area contributed by atoms with Crippen molar-refractivity contribution < 1.29 is 19.1 Å². The lowest BCUT2D eigenvalue weighted by Crippen LogP contribution is -2.38. The second-order valence-electron chi connectivity index (χ2n) is 7.14. The van der Waals surface area contributed by atoms with E-state index in [0.717, 1.165) is 12.0 Å². The molecule has 142 valence electrons. The summed E-state index contributed by atoms with van der Waals surface area (Å²) < 4.78 is 10.8. The van der Waals surface area contributed by atoms with Crippen LogP contribution in [-0.4, -0.2) is 36.5 Å². The van der Waals surface area contributed by atoms with Crippen LogP contribution in [0.5, 0.6) is 5.75 Å². The fraction of sp³-hybridized carbons (Fsp3) is 0.364. The van der Waals surface area contributed by atoms with Gasteiger partial charge in [-0.05, 0) is 47.7 Å². The minimum absolute atomic E-state index is 0.172. The third-order valence-electron chi connectivity index (χ3n) is 4.48. The smallest absolute Gasteiger partial charge is 0.338 e. The van der Waals surface area contributed by atoms with E-state index in [1.54, 1.807) is 29.2 Å². The van der Waals surface area contributed by atoms with Gasteiger partial charge >= 0.3 is 5.97 Å². The second-order valence-corrected chi connectivity index (χ2v) is 7.14. The van der Waals surface area contributed by atoms with E-state index in [9.17, 15) is 9.59 Å². The van der Waals surface area contributed by atoms with Gasteiger partial charge < -0.3 is 14.4 Å². The highest BCUT2D eigenvalue weighted by Gasteiger charge is 2.21. The van der Waals surface area contributed by atoms with E-state index in [2.05, 4.69) is 19.9 Å². The number of amides is 1. The predicted molar refractivity (Wildman–Crippen MR) is 103 cm³/mol. The van der Waals surface area contributed by atoms with E-state index in [1.165, 1.54) is 5.56 Å². The van der Waals surface area contributed by atoms with Crippen LogP contribution in [0.25, 0.3) is 0 Å². The van der Waals surface area contributed by atoms with Gasteiger partial charge in [0.2, 0.25) is 0 Å². The largest absolute Gasteiger partial charge is 0.493 e. The zero-order valence-electron chi connectivity index (χ0n) is 15.8. The molecule has 0 fully saturated rings. The van der Waals surface area contributed by atoms with Crippen molar-refractivity contribution in [3.63, 3.8) is 0 Å². The average molecular weight is 367 g/mol. The number of esters is 1. The molecule has 2 aromatic carbocycles. The molecule has 0 radical (unpaired) electrons. The molecule has 27 heavy (non-hydrogen) atoms. The minimum Gasteiger partial charge on any atom is -0.493 e. The standard InChI is InChI=1S/C22H25NO4/c1-16(2)14-26-20-9-7-18(8-10-20)22(25)27-15-21(24)23-12-11-17-5-3-4-6-19(17)13-23/h3-10,16H,11-15H2,1-2H3. The van der Waals surface area contributed by atoms with E-state index in [0.29, 0.717) is 36.9 Å². The molecule has 2 aromatic rings. The topological polar surface area (TPSA) is 55.8 Å². The fourth-order valence-electron chi connectivity index (χ4n) is 2.96. The lowest BCUT2D eigenvalue weighted by atomic mass is 10.00. The van der Waals surface area contributed by atoms with Gasteiger partial charge in [-0.3, -0.25) is 4.79 Å². The lowest BCUT2D eigenvalue weighted by molar-refractivity contribution is -0.135. The number of hydrogen-bond donors (Lipinski definition) is 0. The van der Waals surface area contributed by atoms with Crippen molar-refractivity contribution in [2.45, 2.75) is 26.8 Å². The Kier molecular flexibility index (Phi) is 6.12. The van der Waals surface area contributed by atoms with Crippen LogP contribution in [0, 0.1) is 5.92 Å². The monoisotopic (exact) mass is 367 g/mol. The summed E-state index contributed by atoms with van der Waals surface area (Å²) in [5.41, 5.74) is 2.84. The number of fused-ring (bicyclic) bond motifs is 1. The molecule has 1 aliphatic rings. The summed E-state index contributed by atoms with van der Waals surface area (Å²) in [6, 6.07) is 14.9. The van der Waals surface area contributed by atoms with Crippen molar-refractivity contribution in [2.24, 2.45) is 5.92 Å². The molecule has 0 spiro atoms. The van der Waals surface area contributed by atoms with Crippen LogP contribution in [0.1, 0.15) is 35.3 Å². The Bertz CT molecular complexity index is 798. The van der Waals surface area contributed by atoms with E-state index in [4.69, 9.17) is 9.47 Å². The highest BCUT2D eigenvalue weighted by atomic mass is 16.5. The number of carbonyl (C=O) groups is 2. The molecule has 0 unspecified atom stereocenters. The molecule has 1 heterocycles. The number of hydrogen-bond acceptors (Lipinski definition) is 4. The minimum atomic E-state index is -0.504. The summed E-state index contributed by atoms with van der Waals surface area (Å²) in [4.78, 5) is 26.3. The molecule has 5 nitrogen and oxygen atoms in total. The highest BCUT2D eigenvalue weighted by molar-refractivity contribution is 5.91. The maximum absolute atomic E-state index is 12.4. The zero-order chi connectivity index (χ0) is 19.2. The molecule has 0 aromatic heterocycles. The Balaban J connectivity index is 1.49. The third-order valence-corrected chi connectivity index (χ3v) is 4.48. The van der Waals surface area contributed by atoms with Gasteiger partial charge in [-0.15, -0.1) is 0 Å². The van der Waals surface area contributed by atoms with Gasteiger partial charge in [0.1, 0.15) is 5.75 Å². The Hall–Kier alpha value is -2.82. The molecule has 0 atom stereocenters. The molecule has 0 saturated carbocycles. The summed E-state index contributed by atoms with van der Waals surface area (Å²) in [7, 11) is 0. The fourth-order valence-corrected chi connectivity index (χ4v) is 2.96. The molecular formula is C22H25NO4. The molecule has 0 bridgehead atoms. The van der Waals surface area contributed by atoms with Crippen molar-refractivity contribution in [3.8, 4) is 5.75 Å². The van der Waals surface area contributed by atoms with Gasteiger partial charge in [-0.25, -0.2) is 4.79 Å². The second kappa shape index (κ2) is 8.71. The van der Waals surface area contributed by atoms with Gasteiger partial charge in [0.05, 0.1) is 12.2 Å². The Morgan fingerprint density at radius 1 is 1.04 bits per heavy atom. The first kappa shape index (κ1) is 19.0. The molecule has 0 N–H and O–H groups in total. The molecule has 0 aliphatic carbocycles. The maximum atomic E-state index is 12.4. The van der Waals surface area contributed by atoms with Gasteiger partial charge in [-0.1, -0.05) is 38.1 Å². The Labute approximate surface area is 159 Å². The van der Waals surface area contributed by atoms with Crippen molar-refractivity contribution in [2.75, 3.05) is 19.8 Å². The van der Waals surface area contributed by atoms with Crippen LogP contribution in [0.15, 0.2) is 48.5 Å². The van der Waals surface area contributed by atoms with Crippen LogP contribution in [0.2, 0.25) is 0 Å². The van der Waals surface area contributed by atoms with Crippen molar-refractivity contribution in [1.29, 1.82) is 0 Å². The molecule has 5 heteroatoms. The number of rotatable bonds is 6. The zero-order valence-corrected chi connectivity index (χ0v) is 15.8. The van der Waals surface area contributed by atoms with Gasteiger partial charge in [0.25, 0.3) is 5.91 Å². The lowest BCUT2D eigenvalue weighted by Gasteiger charge is -2.28. The van der Waals surface area contributed by atoms with Gasteiger partial charge in [0, 0.05) is 13.1 Å². The normalized spacial score (nSPS) is 13.2. The van der Waals surface area contributed by atoms with Gasteiger partial charge in [0.15, 0.2) is 6.61 Å². The number of nitrogens with zero attached hydrogens (tertiary/aromatic N) is 1. The van der Waals surface area contributed by atoms with Crippen molar-refractivity contribution >= 4 is 11.9 Å². The summed E-state index contributed by atoms with van der Waals surface area (Å²) in [6.45, 7) is 5.74. The van der Waals surface area contributed by atoms with E-state index >= 15 is 0 Å². The SMILES string of the molecule is CC(C)COc1ccc(C(=O)OCC(=O)N2CCc3ccccc3C2)cc1.